The number of likely N-dealkylation sites (tertiary alicyclic amines) is 1. The molecule has 0 aromatic carbocycles. The molecule has 1 aromatic rings. The Morgan fingerprint density at radius 2 is 2.50 bits per heavy atom. The molecule has 0 spiro atoms. The SMILES string of the molecule is CN1CCCCC1COc1nc(CCl)co1. The Morgan fingerprint density at radius 1 is 1.62 bits per heavy atom. The van der Waals surface area contributed by atoms with Crippen molar-refractivity contribution < 1.29 is 9.15 Å². The molecule has 4 nitrogen and oxygen atoms in total. The molecule has 5 heteroatoms. The molecule has 1 aliphatic heterocycles. The molecule has 0 bridgehead atoms. The van der Waals surface area contributed by atoms with Crippen molar-refractivity contribution >= 4 is 11.6 Å². The summed E-state index contributed by atoms with van der Waals surface area (Å²) in [7, 11) is 2.13. The molecule has 2 rings (SSSR count). The second-order valence-electron chi connectivity index (χ2n) is 4.18. The summed E-state index contributed by atoms with van der Waals surface area (Å²) in [6.45, 7) is 1.78. The van der Waals surface area contributed by atoms with Crippen LogP contribution in [-0.4, -0.2) is 36.1 Å². The lowest BCUT2D eigenvalue weighted by atomic mass is 10.0. The molecule has 0 amide bonds. The maximum absolute atomic E-state index is 5.63. The number of aromatic nitrogens is 1. The number of hydrogen-bond acceptors (Lipinski definition) is 4. The molecule has 0 N–H and O–H groups in total. The minimum absolute atomic E-state index is 0.328. The molecule has 16 heavy (non-hydrogen) atoms. The standard InChI is InChI=1S/C11H17ClN2O2/c1-14-5-3-2-4-10(14)8-16-11-13-9(6-12)7-15-11/h7,10H,2-6,8H2,1H3. The van der Waals surface area contributed by atoms with E-state index in [0.29, 0.717) is 30.3 Å². The van der Waals surface area contributed by atoms with Crippen LogP contribution in [0.5, 0.6) is 6.08 Å². The van der Waals surface area contributed by atoms with Crippen LogP contribution in [0.3, 0.4) is 0 Å². The van der Waals surface area contributed by atoms with Gasteiger partial charge in [0.15, 0.2) is 0 Å². The van der Waals surface area contributed by atoms with E-state index in [2.05, 4.69) is 16.9 Å². The fourth-order valence-corrected chi connectivity index (χ4v) is 2.06. The van der Waals surface area contributed by atoms with Gasteiger partial charge in [0.1, 0.15) is 12.9 Å². The van der Waals surface area contributed by atoms with Crippen LogP contribution in [0.25, 0.3) is 0 Å². The summed E-state index contributed by atoms with van der Waals surface area (Å²) >= 11 is 5.63. The number of likely N-dealkylation sites (N-methyl/N-ethyl adjacent to an activating group) is 1. The molecule has 1 atom stereocenters. The lowest BCUT2D eigenvalue weighted by Gasteiger charge is -2.31. The van der Waals surface area contributed by atoms with Crippen molar-refractivity contribution in [3.8, 4) is 6.08 Å². The van der Waals surface area contributed by atoms with Gasteiger partial charge in [0.05, 0.1) is 11.6 Å². The summed E-state index contributed by atoms with van der Waals surface area (Å²) in [6, 6.07) is 0.472. The first kappa shape index (κ1) is 11.7. The van der Waals surface area contributed by atoms with Gasteiger partial charge in [-0.3, -0.25) is 0 Å². The third kappa shape index (κ3) is 2.89. The quantitative estimate of drug-likeness (QED) is 0.762. The number of halogens is 1. The number of rotatable bonds is 4. The number of alkyl halides is 1. The Kier molecular flexibility index (Phi) is 4.07. The van der Waals surface area contributed by atoms with Crippen LogP contribution in [0.1, 0.15) is 25.0 Å². The smallest absolute Gasteiger partial charge is 0.393 e. The highest BCUT2D eigenvalue weighted by molar-refractivity contribution is 6.16. The van der Waals surface area contributed by atoms with Gasteiger partial charge < -0.3 is 14.1 Å². The average Bonchev–Trinajstić information content (AvgIpc) is 2.76. The lowest BCUT2D eigenvalue weighted by molar-refractivity contribution is 0.106. The van der Waals surface area contributed by atoms with E-state index in [1.54, 1.807) is 0 Å². The molecule has 1 fully saturated rings. The van der Waals surface area contributed by atoms with Crippen molar-refractivity contribution in [1.82, 2.24) is 9.88 Å². The normalized spacial score (nSPS) is 22.2. The predicted octanol–water partition coefficient (Wildman–Crippen LogP) is 2.28. The Hall–Kier alpha value is -0.740. The summed E-state index contributed by atoms with van der Waals surface area (Å²) < 4.78 is 10.7. The van der Waals surface area contributed by atoms with Crippen molar-refractivity contribution in [2.45, 2.75) is 31.2 Å². The molecule has 0 radical (unpaired) electrons. The minimum Gasteiger partial charge on any atom is -0.449 e. The zero-order valence-corrected chi connectivity index (χ0v) is 10.2. The van der Waals surface area contributed by atoms with Crippen molar-refractivity contribution in [2.75, 3.05) is 20.2 Å². The Balaban J connectivity index is 1.81. The Labute approximate surface area is 101 Å². The van der Waals surface area contributed by atoms with E-state index >= 15 is 0 Å². The highest BCUT2D eigenvalue weighted by atomic mass is 35.5. The van der Waals surface area contributed by atoms with Crippen molar-refractivity contribution in [2.24, 2.45) is 0 Å². The molecule has 1 saturated heterocycles. The van der Waals surface area contributed by atoms with E-state index in [4.69, 9.17) is 20.8 Å². The van der Waals surface area contributed by atoms with Gasteiger partial charge in [-0.1, -0.05) is 6.42 Å². The number of hydrogen-bond donors (Lipinski definition) is 0. The molecule has 2 heterocycles. The van der Waals surface area contributed by atoms with Crippen molar-refractivity contribution in [3.63, 3.8) is 0 Å². The maximum Gasteiger partial charge on any atom is 0.393 e. The van der Waals surface area contributed by atoms with Gasteiger partial charge in [-0.2, -0.15) is 4.98 Å². The molecule has 0 aliphatic carbocycles. The molecule has 1 aromatic heterocycles. The second-order valence-corrected chi connectivity index (χ2v) is 4.45. The summed E-state index contributed by atoms with van der Waals surface area (Å²) in [6.07, 6.45) is 5.60. The van der Waals surface area contributed by atoms with Crippen LogP contribution in [0, 0.1) is 0 Å². The van der Waals surface area contributed by atoms with Gasteiger partial charge in [-0.05, 0) is 26.4 Å². The van der Waals surface area contributed by atoms with Gasteiger partial charge in [0, 0.05) is 6.04 Å². The van der Waals surface area contributed by atoms with E-state index < -0.39 is 0 Å². The summed E-state index contributed by atoms with van der Waals surface area (Å²) in [5.41, 5.74) is 0.716. The first-order valence-corrected chi connectivity index (χ1v) is 6.16. The van der Waals surface area contributed by atoms with Crippen LogP contribution in [0.2, 0.25) is 0 Å². The number of oxazole rings is 1. The predicted molar refractivity (Wildman–Crippen MR) is 61.8 cm³/mol. The lowest BCUT2D eigenvalue weighted by Crippen LogP contribution is -2.40. The van der Waals surface area contributed by atoms with Crippen LogP contribution in [0.4, 0.5) is 0 Å². The molecule has 90 valence electrons. The van der Waals surface area contributed by atoms with Crippen molar-refractivity contribution in [3.05, 3.63) is 12.0 Å². The minimum atomic E-state index is 0.328. The number of piperidine rings is 1. The highest BCUT2D eigenvalue weighted by Crippen LogP contribution is 2.17. The molecular weight excluding hydrogens is 228 g/mol. The van der Waals surface area contributed by atoms with Gasteiger partial charge in [-0.25, -0.2) is 0 Å². The van der Waals surface area contributed by atoms with E-state index in [1.165, 1.54) is 25.5 Å². The highest BCUT2D eigenvalue weighted by Gasteiger charge is 2.20. The summed E-state index contributed by atoms with van der Waals surface area (Å²) in [5.74, 6) is 0.357. The van der Waals surface area contributed by atoms with Crippen LogP contribution >= 0.6 is 11.6 Å². The van der Waals surface area contributed by atoms with Gasteiger partial charge in [-0.15, -0.1) is 11.6 Å². The van der Waals surface area contributed by atoms with E-state index in [1.807, 2.05) is 0 Å². The van der Waals surface area contributed by atoms with Crippen LogP contribution in [-0.2, 0) is 5.88 Å². The van der Waals surface area contributed by atoms with Crippen LogP contribution in [0.15, 0.2) is 10.7 Å². The monoisotopic (exact) mass is 244 g/mol. The van der Waals surface area contributed by atoms with Gasteiger partial charge in [0.25, 0.3) is 0 Å². The number of ether oxygens (including phenoxy) is 1. The summed E-state index contributed by atoms with van der Waals surface area (Å²) in [4.78, 5) is 6.43. The number of nitrogens with zero attached hydrogens (tertiary/aromatic N) is 2. The average molecular weight is 245 g/mol. The van der Waals surface area contributed by atoms with E-state index in [9.17, 15) is 0 Å². The first-order valence-electron chi connectivity index (χ1n) is 5.63. The zero-order valence-electron chi connectivity index (χ0n) is 9.49. The molecule has 1 unspecified atom stereocenters. The van der Waals surface area contributed by atoms with Gasteiger partial charge in [0.2, 0.25) is 0 Å². The molecule has 0 saturated carbocycles. The Bertz CT molecular complexity index is 330. The molecule has 1 aliphatic rings. The van der Waals surface area contributed by atoms with Gasteiger partial charge >= 0.3 is 6.08 Å². The third-order valence-corrected chi connectivity index (χ3v) is 3.26. The van der Waals surface area contributed by atoms with Crippen LogP contribution < -0.4 is 4.74 Å². The Morgan fingerprint density at radius 3 is 3.19 bits per heavy atom. The largest absolute Gasteiger partial charge is 0.449 e. The topological polar surface area (TPSA) is 38.5 Å². The van der Waals surface area contributed by atoms with E-state index in [-0.39, 0.29) is 0 Å². The fourth-order valence-electron chi connectivity index (χ4n) is 1.94. The second kappa shape index (κ2) is 5.55. The fraction of sp³-hybridized carbons (Fsp3) is 0.727. The maximum atomic E-state index is 5.63. The first-order chi connectivity index (χ1) is 7.79. The summed E-state index contributed by atoms with van der Waals surface area (Å²) in [5, 5.41) is 0. The molecular formula is C11H17ClN2O2. The van der Waals surface area contributed by atoms with Crippen molar-refractivity contribution in [1.29, 1.82) is 0 Å². The third-order valence-electron chi connectivity index (χ3n) is 2.99. The van der Waals surface area contributed by atoms with E-state index in [0.717, 1.165) is 6.54 Å². The zero-order chi connectivity index (χ0) is 11.4.